The predicted octanol–water partition coefficient (Wildman–Crippen LogP) is 5.99. The molecule has 0 amide bonds. The van der Waals surface area contributed by atoms with Gasteiger partial charge in [-0.2, -0.15) is 0 Å². The highest BCUT2D eigenvalue weighted by Gasteiger charge is 2.19. The van der Waals surface area contributed by atoms with Gasteiger partial charge in [0.05, 0.1) is 11.1 Å². The summed E-state index contributed by atoms with van der Waals surface area (Å²) in [6.45, 7) is 6.43. The Bertz CT molecular complexity index is 1130. The smallest absolute Gasteiger partial charge is 0.143 e. The molecule has 2 heterocycles. The number of phenolic OH excluding ortho intramolecular Hbond substituents is 1. The number of hydrogen-bond donors (Lipinski definition) is 2. The molecule has 0 aliphatic carbocycles. The first-order valence-corrected chi connectivity index (χ1v) is 9.79. The molecular weight excluding hydrogens is 354 g/mol. The molecule has 0 unspecified atom stereocenters. The topological polar surface area (TPSA) is 58.0 Å². The average Bonchev–Trinajstić information content (AvgIpc) is 3.05. The van der Waals surface area contributed by atoms with Gasteiger partial charge >= 0.3 is 0 Å². The first-order chi connectivity index (χ1) is 13.1. The number of phenols is 1. The van der Waals surface area contributed by atoms with E-state index in [1.807, 2.05) is 12.1 Å². The lowest BCUT2D eigenvalue weighted by molar-refractivity contribution is 0.478. The summed E-state index contributed by atoms with van der Waals surface area (Å²) in [6, 6.07) is 13.7. The summed E-state index contributed by atoms with van der Waals surface area (Å²) in [5.41, 5.74) is 5.53. The normalized spacial score (nSPS) is 11.1. The van der Waals surface area contributed by atoms with Gasteiger partial charge in [0.25, 0.3) is 0 Å². The van der Waals surface area contributed by atoms with Crippen molar-refractivity contribution in [3.8, 4) is 16.9 Å². The molecular formula is C22H21N3OS. The Labute approximate surface area is 162 Å². The summed E-state index contributed by atoms with van der Waals surface area (Å²) >= 11 is 1.70. The third-order valence-electron chi connectivity index (χ3n) is 4.84. The highest BCUT2D eigenvalue weighted by molar-refractivity contribution is 7.19. The number of aromatic hydroxyl groups is 1. The highest BCUT2D eigenvalue weighted by atomic mass is 32.1. The zero-order valence-corrected chi connectivity index (χ0v) is 16.4. The Morgan fingerprint density at radius 2 is 1.85 bits per heavy atom. The van der Waals surface area contributed by atoms with Gasteiger partial charge in [-0.05, 0) is 49.1 Å². The summed E-state index contributed by atoms with van der Waals surface area (Å²) in [7, 11) is 0. The van der Waals surface area contributed by atoms with Gasteiger partial charge in [-0.3, -0.25) is 0 Å². The van der Waals surface area contributed by atoms with Crippen molar-refractivity contribution in [2.24, 2.45) is 0 Å². The van der Waals surface area contributed by atoms with Crippen molar-refractivity contribution in [3.05, 3.63) is 64.8 Å². The van der Waals surface area contributed by atoms with Crippen LogP contribution in [0.5, 0.6) is 5.75 Å². The van der Waals surface area contributed by atoms with Crippen molar-refractivity contribution in [3.63, 3.8) is 0 Å². The van der Waals surface area contributed by atoms with Crippen molar-refractivity contribution in [1.82, 2.24) is 9.97 Å². The Morgan fingerprint density at radius 3 is 2.59 bits per heavy atom. The molecule has 0 bridgehead atoms. The molecule has 0 saturated heterocycles. The molecule has 4 rings (SSSR count). The molecule has 5 heteroatoms. The van der Waals surface area contributed by atoms with Gasteiger partial charge in [0, 0.05) is 10.4 Å². The van der Waals surface area contributed by atoms with Crippen molar-refractivity contribution < 1.29 is 5.11 Å². The molecule has 2 N–H and O–H groups in total. The van der Waals surface area contributed by atoms with Crippen molar-refractivity contribution >= 4 is 33.1 Å². The van der Waals surface area contributed by atoms with E-state index < -0.39 is 0 Å². The van der Waals surface area contributed by atoms with E-state index in [0.29, 0.717) is 11.5 Å². The SMILES string of the molecule is CCc1sc2ncnc(Nc3ccccc3O)c2c1-c1ccc(C)c(C)c1. The number of hydrogen-bond acceptors (Lipinski definition) is 5. The van der Waals surface area contributed by atoms with Crippen LogP contribution in [-0.4, -0.2) is 15.1 Å². The minimum absolute atomic E-state index is 0.197. The van der Waals surface area contributed by atoms with E-state index in [1.165, 1.54) is 27.1 Å². The molecule has 27 heavy (non-hydrogen) atoms. The molecule has 0 fully saturated rings. The second kappa shape index (κ2) is 7.00. The van der Waals surface area contributed by atoms with Crippen LogP contribution in [-0.2, 0) is 6.42 Å². The van der Waals surface area contributed by atoms with Gasteiger partial charge in [-0.15, -0.1) is 11.3 Å². The van der Waals surface area contributed by atoms with E-state index in [1.54, 1.807) is 29.8 Å². The van der Waals surface area contributed by atoms with Gasteiger partial charge in [0.2, 0.25) is 0 Å². The minimum atomic E-state index is 0.197. The van der Waals surface area contributed by atoms with E-state index in [4.69, 9.17) is 0 Å². The molecule has 0 aliphatic rings. The highest BCUT2D eigenvalue weighted by Crippen LogP contribution is 2.42. The number of nitrogens with zero attached hydrogens (tertiary/aromatic N) is 2. The molecule has 0 saturated carbocycles. The molecule has 0 aliphatic heterocycles. The Morgan fingerprint density at radius 1 is 1.04 bits per heavy atom. The maximum atomic E-state index is 10.1. The van der Waals surface area contributed by atoms with Crippen LogP contribution in [0.4, 0.5) is 11.5 Å². The average molecular weight is 375 g/mol. The quantitative estimate of drug-likeness (QED) is 0.430. The first kappa shape index (κ1) is 17.5. The van der Waals surface area contributed by atoms with Gasteiger partial charge in [0.1, 0.15) is 22.7 Å². The van der Waals surface area contributed by atoms with Crippen molar-refractivity contribution in [1.29, 1.82) is 0 Å². The summed E-state index contributed by atoms with van der Waals surface area (Å²) in [5.74, 6) is 0.911. The van der Waals surface area contributed by atoms with Crippen LogP contribution in [0.3, 0.4) is 0 Å². The number of aryl methyl sites for hydroxylation is 3. The Balaban J connectivity index is 1.95. The summed E-state index contributed by atoms with van der Waals surface area (Å²) in [4.78, 5) is 11.2. The molecule has 0 atom stereocenters. The van der Waals surface area contributed by atoms with Crippen LogP contribution in [0, 0.1) is 13.8 Å². The molecule has 0 spiro atoms. The lowest BCUT2D eigenvalue weighted by atomic mass is 9.98. The lowest BCUT2D eigenvalue weighted by Crippen LogP contribution is -1.96. The molecule has 2 aromatic carbocycles. The van der Waals surface area contributed by atoms with E-state index in [-0.39, 0.29) is 5.75 Å². The fourth-order valence-corrected chi connectivity index (χ4v) is 4.33. The van der Waals surface area contributed by atoms with Gasteiger partial charge in [-0.25, -0.2) is 9.97 Å². The van der Waals surface area contributed by atoms with Crippen LogP contribution >= 0.6 is 11.3 Å². The summed E-state index contributed by atoms with van der Waals surface area (Å²) in [5, 5.41) is 14.4. The van der Waals surface area contributed by atoms with E-state index >= 15 is 0 Å². The second-order valence-corrected chi connectivity index (χ2v) is 7.68. The largest absolute Gasteiger partial charge is 0.506 e. The standard InChI is InChI=1S/C22H21N3OS/c1-4-18-19(15-10-9-13(2)14(3)11-15)20-21(23-12-24-22(20)27-18)25-16-7-5-6-8-17(16)26/h5-12,26H,4H2,1-3H3,(H,23,24,25). The molecule has 2 aromatic heterocycles. The lowest BCUT2D eigenvalue weighted by Gasteiger charge is -2.11. The third kappa shape index (κ3) is 3.15. The van der Waals surface area contributed by atoms with Gasteiger partial charge in [-0.1, -0.05) is 37.3 Å². The third-order valence-corrected chi connectivity index (χ3v) is 6.08. The van der Waals surface area contributed by atoms with Crippen molar-refractivity contribution in [2.75, 3.05) is 5.32 Å². The monoisotopic (exact) mass is 375 g/mol. The Hall–Kier alpha value is -2.92. The van der Waals surface area contributed by atoms with E-state index in [2.05, 4.69) is 54.3 Å². The fourth-order valence-electron chi connectivity index (χ4n) is 3.23. The number of fused-ring (bicyclic) bond motifs is 1. The van der Waals surface area contributed by atoms with Crippen LogP contribution in [0.15, 0.2) is 48.8 Å². The van der Waals surface area contributed by atoms with Gasteiger partial charge in [0.15, 0.2) is 0 Å². The van der Waals surface area contributed by atoms with E-state index in [0.717, 1.165) is 16.6 Å². The summed E-state index contributed by atoms with van der Waals surface area (Å²) < 4.78 is 0. The number of aromatic nitrogens is 2. The number of para-hydroxylation sites is 2. The maximum absolute atomic E-state index is 10.1. The second-order valence-electron chi connectivity index (χ2n) is 6.60. The van der Waals surface area contributed by atoms with Crippen LogP contribution < -0.4 is 5.32 Å². The molecule has 4 aromatic rings. The maximum Gasteiger partial charge on any atom is 0.143 e. The van der Waals surface area contributed by atoms with E-state index in [9.17, 15) is 5.11 Å². The number of rotatable bonds is 4. The minimum Gasteiger partial charge on any atom is -0.506 e. The summed E-state index contributed by atoms with van der Waals surface area (Å²) in [6.07, 6.45) is 2.50. The zero-order valence-electron chi connectivity index (χ0n) is 15.6. The number of benzene rings is 2. The van der Waals surface area contributed by atoms with Crippen LogP contribution in [0.1, 0.15) is 22.9 Å². The predicted molar refractivity (Wildman–Crippen MR) is 113 cm³/mol. The number of thiophene rings is 1. The molecule has 136 valence electrons. The fraction of sp³-hybridized carbons (Fsp3) is 0.182. The number of nitrogens with one attached hydrogen (secondary N) is 1. The first-order valence-electron chi connectivity index (χ1n) is 8.97. The van der Waals surface area contributed by atoms with Crippen molar-refractivity contribution in [2.45, 2.75) is 27.2 Å². The molecule has 4 nitrogen and oxygen atoms in total. The number of anilines is 2. The van der Waals surface area contributed by atoms with Crippen LogP contribution in [0.25, 0.3) is 21.3 Å². The van der Waals surface area contributed by atoms with Gasteiger partial charge < -0.3 is 10.4 Å². The molecule has 0 radical (unpaired) electrons. The Kier molecular flexibility index (Phi) is 4.54. The van der Waals surface area contributed by atoms with Crippen LogP contribution in [0.2, 0.25) is 0 Å². The zero-order chi connectivity index (χ0) is 19.0.